The summed E-state index contributed by atoms with van der Waals surface area (Å²) in [5, 5.41) is 12.4. The molecule has 3 heterocycles. The molecule has 4 N–H and O–H groups in total. The quantitative estimate of drug-likeness (QED) is 0.263. The third-order valence-corrected chi connectivity index (χ3v) is 9.06. The Labute approximate surface area is 212 Å². The highest BCUT2D eigenvalue weighted by Crippen LogP contribution is 2.52. The van der Waals surface area contributed by atoms with Gasteiger partial charge in [0, 0.05) is 20.9 Å². The highest BCUT2D eigenvalue weighted by molar-refractivity contribution is 8.22. The Balaban J connectivity index is 1.67. The van der Waals surface area contributed by atoms with E-state index in [2.05, 4.69) is 10.3 Å². The van der Waals surface area contributed by atoms with Crippen molar-refractivity contribution < 1.29 is 24.3 Å². The van der Waals surface area contributed by atoms with Crippen molar-refractivity contribution in [2.75, 3.05) is 5.75 Å². The Morgan fingerprint density at radius 3 is 2.68 bits per heavy atom. The van der Waals surface area contributed by atoms with Crippen molar-refractivity contribution >= 4 is 81.0 Å². The minimum atomic E-state index is -1.41. The number of thiocarbonyl (C=S) groups is 1. The predicted octanol–water partition coefficient (Wildman–Crippen LogP) is 2.01. The zero-order valence-corrected chi connectivity index (χ0v) is 20.9. The second kappa shape index (κ2) is 9.49. The number of carboxylic acid groups (broad SMARTS) is 1. The topological polar surface area (TPSA) is 143 Å². The van der Waals surface area contributed by atoms with Crippen LogP contribution >= 0.6 is 47.1 Å². The van der Waals surface area contributed by atoms with Crippen LogP contribution in [0.4, 0.5) is 0 Å². The van der Waals surface area contributed by atoms with Crippen LogP contribution in [0, 0.1) is 6.92 Å². The molecule has 3 amide bonds. The summed E-state index contributed by atoms with van der Waals surface area (Å²) in [7, 11) is 0. The van der Waals surface area contributed by atoms with Crippen molar-refractivity contribution in [1.82, 2.24) is 15.2 Å². The third kappa shape index (κ3) is 4.13. The number of fused-ring (bicyclic) bond motifs is 1. The van der Waals surface area contributed by atoms with Crippen molar-refractivity contribution in [2.45, 2.75) is 23.6 Å². The van der Waals surface area contributed by atoms with E-state index in [-0.39, 0.29) is 29.5 Å². The van der Waals surface area contributed by atoms with Gasteiger partial charge in [-0.25, -0.2) is 9.78 Å². The van der Waals surface area contributed by atoms with Crippen molar-refractivity contribution in [3.05, 3.63) is 57.2 Å². The number of nitrogens with one attached hydrogen (secondary N) is 1. The van der Waals surface area contributed by atoms with E-state index in [0.29, 0.717) is 15.5 Å². The van der Waals surface area contributed by atoms with Gasteiger partial charge in [0.05, 0.1) is 6.42 Å². The number of benzene rings is 1. The first kappa shape index (κ1) is 24.4. The molecule has 1 fully saturated rings. The number of thiazole rings is 1. The number of amides is 3. The summed E-state index contributed by atoms with van der Waals surface area (Å²) in [5.74, 6) is -2.78. The molecule has 0 unspecified atom stereocenters. The number of thioether (sulfide) groups is 2. The van der Waals surface area contributed by atoms with Crippen molar-refractivity contribution in [3.8, 4) is 0 Å². The number of aromatic nitrogens is 1. The van der Waals surface area contributed by atoms with Gasteiger partial charge in [-0.2, -0.15) is 0 Å². The van der Waals surface area contributed by atoms with Crippen LogP contribution in [0.15, 0.2) is 36.0 Å². The zero-order valence-electron chi connectivity index (χ0n) is 17.6. The average Bonchev–Trinajstić information content (AvgIpc) is 3.19. The molecule has 9 nitrogen and oxygen atoms in total. The first-order chi connectivity index (χ1) is 16.2. The predicted molar refractivity (Wildman–Crippen MR) is 135 cm³/mol. The maximum Gasteiger partial charge on any atom is 0.353 e. The molecular formula is C21H18N4O5S4. The van der Waals surface area contributed by atoms with Gasteiger partial charge in [0.2, 0.25) is 10.8 Å². The number of carboxylic acids is 1. The largest absolute Gasteiger partial charge is 0.477 e. The van der Waals surface area contributed by atoms with Gasteiger partial charge in [0.25, 0.3) is 11.8 Å². The molecule has 2 aromatic rings. The van der Waals surface area contributed by atoms with E-state index in [9.17, 15) is 24.3 Å². The highest BCUT2D eigenvalue weighted by atomic mass is 32.2. The molecule has 0 radical (unpaired) electrons. The molecule has 1 aromatic heterocycles. The lowest BCUT2D eigenvalue weighted by Crippen LogP contribution is -2.78. The van der Waals surface area contributed by atoms with Crippen LogP contribution in [0.5, 0.6) is 0 Å². The first-order valence-corrected chi connectivity index (χ1v) is 13.1. The van der Waals surface area contributed by atoms with E-state index < -0.39 is 28.0 Å². The van der Waals surface area contributed by atoms with E-state index >= 15 is 0 Å². The minimum absolute atomic E-state index is 0.0619. The number of hydrogen-bond acceptors (Lipinski definition) is 9. The molecule has 0 aliphatic carbocycles. The van der Waals surface area contributed by atoms with E-state index in [1.54, 1.807) is 19.1 Å². The molecule has 13 heteroatoms. The standard InChI is InChI=1S/C21H18N4O5S4/c1-10-14(16(22)27)23-17(34-10)12-8-32-20-21(33-9-31,19(30)25(20)15(12)18(28)29)24-13(26)7-11-5-3-2-4-6-11/h2-6,9,20H,7-8H2,1H3,(H2,22,27)(H,24,26)(H,28,29)/t20-,21-/m0/s1. The van der Waals surface area contributed by atoms with Crippen molar-refractivity contribution in [1.29, 1.82) is 0 Å². The Hall–Kier alpha value is -2.74. The lowest BCUT2D eigenvalue weighted by Gasteiger charge is -2.56. The van der Waals surface area contributed by atoms with Gasteiger partial charge in [-0.1, -0.05) is 54.3 Å². The summed E-state index contributed by atoms with van der Waals surface area (Å²) in [6.45, 7) is 1.67. The Morgan fingerprint density at radius 2 is 2.09 bits per heavy atom. The van der Waals surface area contributed by atoms with E-state index in [1.165, 1.54) is 16.5 Å². The molecule has 0 saturated carbocycles. The summed E-state index contributed by atoms with van der Waals surface area (Å²) in [5.41, 5.74) is 6.29. The lowest BCUT2D eigenvalue weighted by molar-refractivity contribution is -0.152. The first-order valence-electron chi connectivity index (χ1n) is 9.85. The van der Waals surface area contributed by atoms with E-state index in [1.807, 2.05) is 18.2 Å². The summed E-state index contributed by atoms with van der Waals surface area (Å²) in [4.78, 5) is 54.5. The molecule has 176 valence electrons. The van der Waals surface area contributed by atoms with E-state index in [0.717, 1.165) is 33.6 Å². The van der Waals surface area contributed by atoms with Gasteiger partial charge < -0.3 is 16.2 Å². The van der Waals surface area contributed by atoms with Crippen LogP contribution in [-0.2, 0) is 20.8 Å². The fourth-order valence-electron chi connectivity index (χ4n) is 3.80. The van der Waals surface area contributed by atoms with Crippen molar-refractivity contribution in [3.63, 3.8) is 0 Å². The lowest BCUT2D eigenvalue weighted by atomic mass is 10.0. The smallest absolute Gasteiger partial charge is 0.353 e. The van der Waals surface area contributed by atoms with Crippen LogP contribution in [-0.4, -0.2) is 59.4 Å². The number of aliphatic carboxylic acids is 1. The minimum Gasteiger partial charge on any atom is -0.477 e. The van der Waals surface area contributed by atoms with Crippen LogP contribution in [0.1, 0.15) is 25.9 Å². The molecule has 2 aliphatic heterocycles. The summed E-state index contributed by atoms with van der Waals surface area (Å²) in [6.07, 6.45) is 0.0619. The fraction of sp³-hybridized carbons (Fsp3) is 0.238. The number of nitrogens with zero attached hydrogens (tertiary/aromatic N) is 2. The number of carbonyl (C=O) groups is 4. The van der Waals surface area contributed by atoms with Crippen LogP contribution in [0.3, 0.4) is 0 Å². The second-order valence-corrected chi connectivity index (χ2v) is 11.3. The number of β-lactam (4-membered cyclic amide) rings is 1. The zero-order chi connectivity index (χ0) is 24.6. The molecule has 1 aromatic carbocycles. The van der Waals surface area contributed by atoms with Crippen LogP contribution < -0.4 is 11.1 Å². The van der Waals surface area contributed by atoms with Gasteiger partial charge >= 0.3 is 5.97 Å². The number of hydrogen-bond donors (Lipinski definition) is 3. The van der Waals surface area contributed by atoms with Crippen LogP contribution in [0.2, 0.25) is 0 Å². The maximum absolute atomic E-state index is 13.4. The van der Waals surface area contributed by atoms with Gasteiger partial charge in [-0.05, 0) is 12.5 Å². The normalized spacial score (nSPS) is 21.5. The van der Waals surface area contributed by atoms with Crippen molar-refractivity contribution in [2.24, 2.45) is 5.73 Å². The monoisotopic (exact) mass is 534 g/mol. The SMILES string of the molecule is Cc1sc(C2=C(C(=O)O)N3C(=O)[C@](NC(=O)Cc4ccccc4)(SC=S)[C@@H]3SC2)nc1C(N)=O. The Morgan fingerprint density at radius 1 is 1.38 bits per heavy atom. The van der Waals surface area contributed by atoms with E-state index in [4.69, 9.17) is 18.0 Å². The molecule has 2 aliphatic rings. The van der Waals surface area contributed by atoms with Gasteiger partial charge in [-0.3, -0.25) is 19.3 Å². The molecule has 0 spiro atoms. The third-order valence-electron chi connectivity index (χ3n) is 5.29. The molecule has 2 atom stereocenters. The fourth-order valence-corrected chi connectivity index (χ4v) is 7.77. The number of aryl methyl sites for hydroxylation is 1. The van der Waals surface area contributed by atoms with Gasteiger partial charge in [-0.15, -0.1) is 23.1 Å². The van der Waals surface area contributed by atoms with Crippen LogP contribution in [0.25, 0.3) is 5.57 Å². The Bertz CT molecular complexity index is 1250. The number of rotatable bonds is 8. The van der Waals surface area contributed by atoms with Gasteiger partial charge in [0.15, 0.2) is 0 Å². The summed E-state index contributed by atoms with van der Waals surface area (Å²) in [6, 6.07) is 9.07. The maximum atomic E-state index is 13.4. The average molecular weight is 535 g/mol. The molecule has 4 rings (SSSR count). The second-order valence-electron chi connectivity index (χ2n) is 7.42. The molecule has 0 bridgehead atoms. The highest BCUT2D eigenvalue weighted by Gasteiger charge is 2.66. The number of nitrogens with two attached hydrogens (primary N) is 1. The summed E-state index contributed by atoms with van der Waals surface area (Å²) < 4.78 is 1.29. The number of primary amides is 1. The number of carbonyl (C=O) groups excluding carboxylic acids is 3. The summed E-state index contributed by atoms with van der Waals surface area (Å²) >= 11 is 8.38. The van der Waals surface area contributed by atoms with Gasteiger partial charge in [0.1, 0.15) is 21.8 Å². The molecule has 34 heavy (non-hydrogen) atoms. The molecular weight excluding hydrogens is 517 g/mol. The molecule has 1 saturated heterocycles. The Kier molecular flexibility index (Phi) is 6.80.